The van der Waals surface area contributed by atoms with Gasteiger partial charge in [0.15, 0.2) is 0 Å². The first-order chi connectivity index (χ1) is 13.6. The Morgan fingerprint density at radius 2 is 1.75 bits per heavy atom. The summed E-state index contributed by atoms with van der Waals surface area (Å²) in [7, 11) is 0. The average molecular weight is 383 g/mol. The highest BCUT2D eigenvalue weighted by Crippen LogP contribution is 2.27. The Labute approximate surface area is 160 Å². The van der Waals surface area contributed by atoms with E-state index < -0.39 is 0 Å². The van der Waals surface area contributed by atoms with Gasteiger partial charge >= 0.3 is 6.03 Å². The van der Waals surface area contributed by atoms with Crippen molar-refractivity contribution in [1.82, 2.24) is 9.88 Å². The molecule has 1 N–H and O–H groups in total. The van der Waals surface area contributed by atoms with Gasteiger partial charge in [0.2, 0.25) is 0 Å². The molecule has 0 spiro atoms. The lowest BCUT2D eigenvalue weighted by Crippen LogP contribution is -2.43. The van der Waals surface area contributed by atoms with E-state index >= 15 is 0 Å². The highest BCUT2D eigenvalue weighted by molar-refractivity contribution is 5.89. The summed E-state index contributed by atoms with van der Waals surface area (Å²) in [5, 5.41) is 3.40. The van der Waals surface area contributed by atoms with Crippen LogP contribution in [0.5, 0.6) is 5.75 Å². The molecule has 3 aromatic rings. The number of hydrogen-bond acceptors (Lipinski definition) is 3. The molecule has 0 aliphatic carbocycles. The van der Waals surface area contributed by atoms with Gasteiger partial charge in [0, 0.05) is 43.2 Å². The molecule has 0 saturated carbocycles. The van der Waals surface area contributed by atoms with Crippen molar-refractivity contribution in [2.45, 2.75) is 18.9 Å². The number of likely N-dealkylation sites (tertiary alicyclic amines) is 1. The summed E-state index contributed by atoms with van der Waals surface area (Å²) >= 11 is 0. The van der Waals surface area contributed by atoms with Crippen molar-refractivity contribution in [3.05, 3.63) is 66.4 Å². The minimum absolute atomic E-state index is 0.0660. The quantitative estimate of drug-likeness (QED) is 0.720. The topological polar surface area (TPSA) is 54.5 Å². The molecule has 1 aliphatic rings. The van der Waals surface area contributed by atoms with E-state index in [-0.39, 0.29) is 23.8 Å². The number of benzene rings is 2. The van der Waals surface area contributed by atoms with Crippen LogP contribution in [0.15, 0.2) is 54.7 Å². The number of hydrogen-bond donors (Lipinski definition) is 1. The van der Waals surface area contributed by atoms with E-state index in [4.69, 9.17) is 4.74 Å². The molecule has 5 nitrogen and oxygen atoms in total. The number of nitrogens with zero attached hydrogens (tertiary/aromatic N) is 2. The molecule has 2 heterocycles. The molecule has 1 fully saturated rings. The van der Waals surface area contributed by atoms with Crippen LogP contribution in [0.4, 0.5) is 19.3 Å². The van der Waals surface area contributed by atoms with Crippen LogP contribution in [0.1, 0.15) is 12.8 Å². The van der Waals surface area contributed by atoms with E-state index in [9.17, 15) is 13.6 Å². The first-order valence-electron chi connectivity index (χ1n) is 9.11. The number of piperidine rings is 1. The maximum atomic E-state index is 13.6. The molecule has 1 aromatic heterocycles. The van der Waals surface area contributed by atoms with Crippen molar-refractivity contribution in [2.24, 2.45) is 0 Å². The van der Waals surface area contributed by atoms with Gasteiger partial charge in [-0.1, -0.05) is 0 Å². The maximum Gasteiger partial charge on any atom is 0.321 e. The van der Waals surface area contributed by atoms with Gasteiger partial charge in [-0.15, -0.1) is 0 Å². The fourth-order valence-corrected chi connectivity index (χ4v) is 3.29. The number of aromatic nitrogens is 1. The Hall–Kier alpha value is -3.22. The van der Waals surface area contributed by atoms with Crippen molar-refractivity contribution in [1.29, 1.82) is 0 Å². The summed E-state index contributed by atoms with van der Waals surface area (Å²) < 4.78 is 32.6. The summed E-state index contributed by atoms with van der Waals surface area (Å²) in [6.45, 7) is 1.07. The molecule has 4 rings (SSSR count). The van der Waals surface area contributed by atoms with Gasteiger partial charge in [-0.05, 0) is 48.5 Å². The second-order valence-electron chi connectivity index (χ2n) is 6.71. The number of rotatable bonds is 3. The molecule has 0 radical (unpaired) electrons. The zero-order valence-electron chi connectivity index (χ0n) is 15.1. The lowest BCUT2D eigenvalue weighted by Gasteiger charge is -2.32. The van der Waals surface area contributed by atoms with E-state index in [1.54, 1.807) is 23.2 Å². The second-order valence-corrected chi connectivity index (χ2v) is 6.71. The van der Waals surface area contributed by atoms with Crippen LogP contribution in [-0.4, -0.2) is 35.1 Å². The molecule has 1 saturated heterocycles. The number of ether oxygens (including phenoxy) is 1. The van der Waals surface area contributed by atoms with Crippen LogP contribution in [0.3, 0.4) is 0 Å². The van der Waals surface area contributed by atoms with Gasteiger partial charge in [-0.2, -0.15) is 0 Å². The smallest absolute Gasteiger partial charge is 0.321 e. The third kappa shape index (κ3) is 4.03. The second kappa shape index (κ2) is 7.80. The Morgan fingerprint density at radius 1 is 1.04 bits per heavy atom. The zero-order valence-corrected chi connectivity index (χ0v) is 15.1. The Kier molecular flexibility index (Phi) is 5.06. The molecule has 28 heavy (non-hydrogen) atoms. The largest absolute Gasteiger partial charge is 0.490 e. The predicted octanol–water partition coefficient (Wildman–Crippen LogP) is 4.59. The van der Waals surface area contributed by atoms with Crippen LogP contribution >= 0.6 is 0 Å². The zero-order chi connectivity index (χ0) is 19.5. The SMILES string of the molecule is O=C(Nc1ccc(F)cc1)N1CCC(Oc2ccnc3ccc(F)cc23)CC1. The molecule has 0 bridgehead atoms. The molecule has 7 heteroatoms. The number of carbonyl (C=O) groups is 1. The third-order valence-electron chi connectivity index (χ3n) is 4.78. The summed E-state index contributed by atoms with van der Waals surface area (Å²) in [4.78, 5) is 18.3. The summed E-state index contributed by atoms with van der Waals surface area (Å²) in [5.74, 6) is -0.0872. The highest BCUT2D eigenvalue weighted by atomic mass is 19.1. The first kappa shape index (κ1) is 18.2. The molecular formula is C21H19F2N3O2. The van der Waals surface area contributed by atoms with Crippen LogP contribution in [0, 0.1) is 11.6 Å². The molecule has 2 amide bonds. The number of carbonyl (C=O) groups excluding carboxylic acids is 1. The van der Waals surface area contributed by atoms with Gasteiger partial charge in [0.25, 0.3) is 0 Å². The Balaban J connectivity index is 1.36. The van der Waals surface area contributed by atoms with Crippen molar-refractivity contribution in [2.75, 3.05) is 18.4 Å². The van der Waals surface area contributed by atoms with Crippen molar-refractivity contribution in [3.63, 3.8) is 0 Å². The molecular weight excluding hydrogens is 364 g/mol. The molecule has 2 aromatic carbocycles. The number of pyridine rings is 1. The fourth-order valence-electron chi connectivity index (χ4n) is 3.29. The van der Waals surface area contributed by atoms with Crippen molar-refractivity contribution < 1.29 is 18.3 Å². The predicted molar refractivity (Wildman–Crippen MR) is 102 cm³/mol. The summed E-state index contributed by atoms with van der Waals surface area (Å²) in [6, 6.07) is 11.6. The van der Waals surface area contributed by atoms with Gasteiger partial charge in [-0.25, -0.2) is 13.6 Å². The van der Waals surface area contributed by atoms with Gasteiger partial charge in [-0.3, -0.25) is 4.98 Å². The minimum Gasteiger partial charge on any atom is -0.490 e. The van der Waals surface area contributed by atoms with Gasteiger partial charge in [0.05, 0.1) is 5.52 Å². The lowest BCUT2D eigenvalue weighted by atomic mass is 10.1. The maximum absolute atomic E-state index is 13.6. The van der Waals surface area contributed by atoms with E-state index in [1.165, 1.54) is 36.4 Å². The van der Waals surface area contributed by atoms with E-state index in [1.807, 2.05) is 0 Å². The highest BCUT2D eigenvalue weighted by Gasteiger charge is 2.24. The number of nitrogens with one attached hydrogen (secondary N) is 1. The fraction of sp³-hybridized carbons (Fsp3) is 0.238. The molecule has 0 unspecified atom stereocenters. The van der Waals surface area contributed by atoms with Crippen molar-refractivity contribution >= 4 is 22.6 Å². The number of fused-ring (bicyclic) bond motifs is 1. The first-order valence-corrected chi connectivity index (χ1v) is 9.11. The van der Waals surface area contributed by atoms with Gasteiger partial charge in [0.1, 0.15) is 23.5 Å². The van der Waals surface area contributed by atoms with Crippen molar-refractivity contribution in [3.8, 4) is 5.75 Å². The monoisotopic (exact) mass is 383 g/mol. The molecule has 0 atom stereocenters. The van der Waals surface area contributed by atoms with E-state index in [2.05, 4.69) is 10.3 Å². The number of anilines is 1. The normalized spacial score (nSPS) is 14.9. The van der Waals surface area contributed by atoms with Gasteiger partial charge < -0.3 is 15.0 Å². The number of amides is 2. The number of urea groups is 1. The molecule has 144 valence electrons. The average Bonchev–Trinajstić information content (AvgIpc) is 2.71. The minimum atomic E-state index is -0.348. The Bertz CT molecular complexity index is 987. The standard InChI is InChI=1S/C21H19F2N3O2/c22-14-1-4-16(5-2-14)25-21(27)26-11-8-17(9-12-26)28-20-7-10-24-19-6-3-15(23)13-18(19)20/h1-7,10,13,17H,8-9,11-12H2,(H,25,27). The summed E-state index contributed by atoms with van der Waals surface area (Å²) in [6.07, 6.45) is 2.90. The van der Waals surface area contributed by atoms with Crippen LogP contribution in [0.25, 0.3) is 10.9 Å². The number of halogens is 2. The Morgan fingerprint density at radius 3 is 2.50 bits per heavy atom. The molecule has 1 aliphatic heterocycles. The lowest BCUT2D eigenvalue weighted by molar-refractivity contribution is 0.117. The van der Waals surface area contributed by atoms with Crippen LogP contribution in [-0.2, 0) is 0 Å². The third-order valence-corrected chi connectivity index (χ3v) is 4.78. The summed E-state index contributed by atoms with van der Waals surface area (Å²) in [5.41, 5.74) is 1.23. The van der Waals surface area contributed by atoms with E-state index in [0.717, 1.165) is 0 Å². The van der Waals surface area contributed by atoms with E-state index in [0.29, 0.717) is 48.3 Å². The van der Waals surface area contributed by atoms with Crippen LogP contribution < -0.4 is 10.1 Å². The van der Waals surface area contributed by atoms with Crippen LogP contribution in [0.2, 0.25) is 0 Å².